The molecule has 1 rings (SSSR count). The fraction of sp³-hybridized carbons (Fsp3) is 0.462. The molecular formula is C13H18N2O2S. The van der Waals surface area contributed by atoms with Gasteiger partial charge in [0.2, 0.25) is 10.0 Å². The van der Waals surface area contributed by atoms with E-state index in [2.05, 4.69) is 0 Å². The van der Waals surface area contributed by atoms with Gasteiger partial charge in [0.1, 0.15) is 0 Å². The largest absolute Gasteiger partial charge is 0.242 e. The third-order valence-electron chi connectivity index (χ3n) is 2.74. The van der Waals surface area contributed by atoms with E-state index in [1.807, 2.05) is 13.0 Å². The minimum Gasteiger partial charge on any atom is -0.207 e. The number of nitrogens with zero attached hydrogens (tertiary/aromatic N) is 2. The Morgan fingerprint density at radius 3 is 2.39 bits per heavy atom. The third kappa shape index (κ3) is 3.56. The Bertz CT molecular complexity index is 515. The number of nitriles is 1. The first-order valence-electron chi connectivity index (χ1n) is 5.94. The monoisotopic (exact) mass is 266 g/mol. The molecule has 0 fully saturated rings. The molecule has 0 unspecified atom stereocenters. The van der Waals surface area contributed by atoms with E-state index in [-0.39, 0.29) is 4.90 Å². The molecule has 0 saturated heterocycles. The summed E-state index contributed by atoms with van der Waals surface area (Å²) in [6, 6.07) is 8.52. The second-order valence-corrected chi connectivity index (χ2v) is 6.20. The number of hydrogen-bond acceptors (Lipinski definition) is 3. The van der Waals surface area contributed by atoms with Gasteiger partial charge in [-0.05, 0) is 24.1 Å². The van der Waals surface area contributed by atoms with E-state index in [0.717, 1.165) is 18.4 Å². The van der Waals surface area contributed by atoms with Crippen LogP contribution in [-0.4, -0.2) is 26.3 Å². The van der Waals surface area contributed by atoms with Crippen LogP contribution in [0.1, 0.15) is 25.3 Å². The summed E-state index contributed by atoms with van der Waals surface area (Å²) >= 11 is 0. The van der Waals surface area contributed by atoms with Crippen LogP contribution >= 0.6 is 0 Å². The normalized spacial score (nSPS) is 11.4. The van der Waals surface area contributed by atoms with Gasteiger partial charge in [0, 0.05) is 13.6 Å². The van der Waals surface area contributed by atoms with Crippen molar-refractivity contribution in [2.24, 2.45) is 0 Å². The van der Waals surface area contributed by atoms with Crippen molar-refractivity contribution < 1.29 is 8.42 Å². The van der Waals surface area contributed by atoms with Gasteiger partial charge in [-0.25, -0.2) is 12.7 Å². The van der Waals surface area contributed by atoms with E-state index in [9.17, 15) is 8.42 Å². The minimum absolute atomic E-state index is 0.280. The molecule has 0 bridgehead atoms. The molecule has 0 saturated carbocycles. The van der Waals surface area contributed by atoms with E-state index in [4.69, 9.17) is 5.26 Å². The Kier molecular flexibility index (Phi) is 5.32. The van der Waals surface area contributed by atoms with Crippen LogP contribution in [0.15, 0.2) is 29.2 Å². The summed E-state index contributed by atoms with van der Waals surface area (Å²) in [6.07, 6.45) is 2.11. The van der Waals surface area contributed by atoms with E-state index < -0.39 is 10.0 Å². The first-order chi connectivity index (χ1) is 8.52. The SMILES string of the molecule is CCCCN(C)S(=O)(=O)c1ccc(CC#N)cc1. The molecular weight excluding hydrogens is 248 g/mol. The number of hydrogen-bond donors (Lipinski definition) is 0. The summed E-state index contributed by atoms with van der Waals surface area (Å²) in [7, 11) is -1.80. The smallest absolute Gasteiger partial charge is 0.207 e. The highest BCUT2D eigenvalue weighted by molar-refractivity contribution is 7.89. The van der Waals surface area contributed by atoms with E-state index in [1.54, 1.807) is 31.3 Å². The fourth-order valence-corrected chi connectivity index (χ4v) is 2.76. The van der Waals surface area contributed by atoms with Gasteiger partial charge >= 0.3 is 0 Å². The third-order valence-corrected chi connectivity index (χ3v) is 4.61. The topological polar surface area (TPSA) is 61.2 Å². The van der Waals surface area contributed by atoms with Gasteiger partial charge in [0.05, 0.1) is 17.4 Å². The van der Waals surface area contributed by atoms with Crippen molar-refractivity contribution in [1.29, 1.82) is 5.26 Å². The Morgan fingerprint density at radius 1 is 1.28 bits per heavy atom. The Hall–Kier alpha value is -1.38. The van der Waals surface area contributed by atoms with Crippen molar-refractivity contribution in [3.8, 4) is 6.07 Å². The summed E-state index contributed by atoms with van der Waals surface area (Å²) in [4.78, 5) is 0.280. The van der Waals surface area contributed by atoms with E-state index >= 15 is 0 Å². The van der Waals surface area contributed by atoms with Crippen molar-refractivity contribution in [2.45, 2.75) is 31.1 Å². The second kappa shape index (κ2) is 6.53. The van der Waals surface area contributed by atoms with Gasteiger partial charge in [-0.3, -0.25) is 0 Å². The van der Waals surface area contributed by atoms with E-state index in [0.29, 0.717) is 13.0 Å². The quantitative estimate of drug-likeness (QED) is 0.792. The number of unbranched alkanes of at least 4 members (excludes halogenated alkanes) is 1. The molecule has 18 heavy (non-hydrogen) atoms. The van der Waals surface area contributed by atoms with Crippen molar-refractivity contribution >= 4 is 10.0 Å². The lowest BCUT2D eigenvalue weighted by atomic mass is 10.2. The highest BCUT2D eigenvalue weighted by atomic mass is 32.2. The molecule has 0 N–H and O–H groups in total. The molecule has 98 valence electrons. The van der Waals surface area contributed by atoms with Crippen molar-refractivity contribution in [3.05, 3.63) is 29.8 Å². The fourth-order valence-electron chi connectivity index (χ4n) is 1.55. The lowest BCUT2D eigenvalue weighted by molar-refractivity contribution is 0.459. The van der Waals surface area contributed by atoms with Crippen LogP contribution in [-0.2, 0) is 16.4 Å². The lowest BCUT2D eigenvalue weighted by Crippen LogP contribution is -2.27. The summed E-state index contributed by atoms with van der Waals surface area (Å²) in [6.45, 7) is 2.55. The van der Waals surface area contributed by atoms with Gasteiger partial charge < -0.3 is 0 Å². The number of benzene rings is 1. The predicted molar refractivity (Wildman–Crippen MR) is 70.5 cm³/mol. The standard InChI is InChI=1S/C13H18N2O2S/c1-3-4-11-15(2)18(16,17)13-7-5-12(6-8-13)9-10-14/h5-8H,3-4,9,11H2,1-2H3. The molecule has 4 nitrogen and oxygen atoms in total. The molecule has 0 spiro atoms. The molecule has 0 aliphatic rings. The molecule has 5 heteroatoms. The highest BCUT2D eigenvalue weighted by Crippen LogP contribution is 2.15. The molecule has 1 aromatic carbocycles. The number of sulfonamides is 1. The minimum atomic E-state index is -3.39. The Labute approximate surface area is 109 Å². The number of rotatable bonds is 6. The summed E-state index contributed by atoms with van der Waals surface area (Å²) in [5.41, 5.74) is 0.827. The van der Waals surface area contributed by atoms with Crippen LogP contribution in [0, 0.1) is 11.3 Å². The van der Waals surface area contributed by atoms with Crippen LogP contribution in [0.5, 0.6) is 0 Å². The average molecular weight is 266 g/mol. The zero-order chi connectivity index (χ0) is 13.6. The first kappa shape index (κ1) is 14.7. The zero-order valence-electron chi connectivity index (χ0n) is 10.8. The molecule has 0 atom stereocenters. The maximum atomic E-state index is 12.2. The van der Waals surface area contributed by atoms with Gasteiger partial charge in [-0.15, -0.1) is 0 Å². The average Bonchev–Trinajstić information content (AvgIpc) is 2.37. The second-order valence-electron chi connectivity index (χ2n) is 4.16. The van der Waals surface area contributed by atoms with Crippen molar-refractivity contribution in [3.63, 3.8) is 0 Å². The van der Waals surface area contributed by atoms with Gasteiger partial charge in [-0.1, -0.05) is 25.5 Å². The van der Waals surface area contributed by atoms with Gasteiger partial charge in [0.25, 0.3) is 0 Å². The molecule has 0 aliphatic heterocycles. The zero-order valence-corrected chi connectivity index (χ0v) is 11.6. The van der Waals surface area contributed by atoms with E-state index in [1.165, 1.54) is 4.31 Å². The summed E-state index contributed by atoms with van der Waals surface area (Å²) in [5.74, 6) is 0. The predicted octanol–water partition coefficient (Wildman–Crippen LogP) is 2.17. The lowest BCUT2D eigenvalue weighted by Gasteiger charge is -2.16. The van der Waals surface area contributed by atoms with Crippen LogP contribution < -0.4 is 0 Å². The molecule has 0 heterocycles. The van der Waals surface area contributed by atoms with Crippen LogP contribution in [0.2, 0.25) is 0 Å². The molecule has 1 aromatic rings. The summed E-state index contributed by atoms with van der Waals surface area (Å²) < 4.78 is 25.7. The Morgan fingerprint density at radius 2 is 1.89 bits per heavy atom. The van der Waals surface area contributed by atoms with Gasteiger partial charge in [0.15, 0.2) is 0 Å². The van der Waals surface area contributed by atoms with Crippen molar-refractivity contribution in [2.75, 3.05) is 13.6 Å². The highest BCUT2D eigenvalue weighted by Gasteiger charge is 2.19. The molecule has 0 radical (unpaired) electrons. The van der Waals surface area contributed by atoms with Crippen LogP contribution in [0.4, 0.5) is 0 Å². The Balaban J connectivity index is 2.88. The summed E-state index contributed by atoms with van der Waals surface area (Å²) in [5, 5.41) is 8.56. The first-order valence-corrected chi connectivity index (χ1v) is 7.38. The molecule has 0 amide bonds. The molecule has 0 aromatic heterocycles. The molecule has 0 aliphatic carbocycles. The maximum Gasteiger partial charge on any atom is 0.242 e. The maximum absolute atomic E-state index is 12.2. The van der Waals surface area contributed by atoms with Crippen LogP contribution in [0.3, 0.4) is 0 Å². The van der Waals surface area contributed by atoms with Crippen molar-refractivity contribution in [1.82, 2.24) is 4.31 Å². The van der Waals surface area contributed by atoms with Gasteiger partial charge in [-0.2, -0.15) is 5.26 Å². The van der Waals surface area contributed by atoms with Crippen LogP contribution in [0.25, 0.3) is 0 Å².